The molecule has 0 spiro atoms. The summed E-state index contributed by atoms with van der Waals surface area (Å²) in [6, 6.07) is 0. The van der Waals surface area contributed by atoms with Crippen molar-refractivity contribution in [2.45, 2.75) is 38.0 Å². The lowest BCUT2D eigenvalue weighted by molar-refractivity contribution is -0.00834. The minimum absolute atomic E-state index is 0.0937. The summed E-state index contributed by atoms with van der Waals surface area (Å²) in [4.78, 5) is 6.79. The van der Waals surface area contributed by atoms with Crippen LogP contribution in [0.1, 0.15) is 27.7 Å². The highest BCUT2D eigenvalue weighted by Gasteiger charge is 2.28. The first-order chi connectivity index (χ1) is 9.80. The predicted molar refractivity (Wildman–Crippen MR) is 93.4 cm³/mol. The van der Waals surface area contributed by atoms with Crippen molar-refractivity contribution >= 4 is 17.7 Å². The van der Waals surface area contributed by atoms with Gasteiger partial charge in [-0.1, -0.05) is 0 Å². The highest BCUT2D eigenvalue weighted by Crippen LogP contribution is 2.19. The average Bonchev–Trinajstić information content (AvgIpc) is 2.48. The summed E-state index contributed by atoms with van der Waals surface area (Å²) in [5, 5.41) is 6.86. The molecule has 1 heterocycles. The van der Waals surface area contributed by atoms with Gasteiger partial charge in [-0.15, -0.1) is 0 Å². The topological polar surface area (TPSA) is 48.9 Å². The minimum Gasteiger partial charge on any atom is -0.379 e. The fourth-order valence-electron chi connectivity index (χ4n) is 2.17. The van der Waals surface area contributed by atoms with E-state index in [0.29, 0.717) is 0 Å². The van der Waals surface area contributed by atoms with Gasteiger partial charge in [-0.3, -0.25) is 9.89 Å². The Bertz CT molecular complexity index is 339. The molecule has 0 radical (unpaired) electrons. The van der Waals surface area contributed by atoms with Crippen molar-refractivity contribution in [3.8, 4) is 0 Å². The Morgan fingerprint density at radius 2 is 1.71 bits per heavy atom. The van der Waals surface area contributed by atoms with Crippen LogP contribution in [0.2, 0.25) is 0 Å². The number of ether oxygens (including phenoxy) is 1. The maximum Gasteiger partial charge on any atom is 0.191 e. The molecule has 0 saturated carbocycles. The molecule has 0 atom stereocenters. The number of rotatable bonds is 6. The van der Waals surface area contributed by atoms with E-state index >= 15 is 0 Å². The number of nitrogens with one attached hydrogen (secondary N) is 2. The van der Waals surface area contributed by atoms with Crippen LogP contribution in [0.3, 0.4) is 0 Å². The molecule has 0 aromatic carbocycles. The zero-order chi connectivity index (χ0) is 15.9. The van der Waals surface area contributed by atoms with Crippen LogP contribution in [0.25, 0.3) is 0 Å². The van der Waals surface area contributed by atoms with Crippen LogP contribution in [0.15, 0.2) is 4.99 Å². The highest BCUT2D eigenvalue weighted by molar-refractivity contribution is 7.99. The fourth-order valence-corrected chi connectivity index (χ4v) is 2.39. The molecule has 0 aromatic rings. The van der Waals surface area contributed by atoms with E-state index in [1.807, 2.05) is 18.8 Å². The van der Waals surface area contributed by atoms with Gasteiger partial charge in [0.15, 0.2) is 5.96 Å². The van der Waals surface area contributed by atoms with E-state index in [9.17, 15) is 0 Å². The van der Waals surface area contributed by atoms with E-state index in [-0.39, 0.29) is 10.3 Å². The minimum atomic E-state index is 0.0937. The van der Waals surface area contributed by atoms with Gasteiger partial charge in [0.2, 0.25) is 0 Å². The van der Waals surface area contributed by atoms with Crippen LogP contribution in [-0.4, -0.2) is 73.8 Å². The summed E-state index contributed by atoms with van der Waals surface area (Å²) in [6.07, 6.45) is 2.14. The first kappa shape index (κ1) is 18.6. The van der Waals surface area contributed by atoms with Crippen LogP contribution in [0, 0.1) is 0 Å². The van der Waals surface area contributed by atoms with Crippen LogP contribution in [0.4, 0.5) is 0 Å². The predicted octanol–water partition coefficient (Wildman–Crippen LogP) is 1.40. The largest absolute Gasteiger partial charge is 0.379 e. The number of hydrogen-bond donors (Lipinski definition) is 2. The van der Waals surface area contributed by atoms with E-state index in [2.05, 4.69) is 54.5 Å². The van der Waals surface area contributed by atoms with E-state index in [1.165, 1.54) is 0 Å². The SMILES string of the molecule is CN=C(NCC(C)(C)SC)NCC(C)(C)N1CCOCC1. The summed E-state index contributed by atoms with van der Waals surface area (Å²) in [5.74, 6) is 0.874. The van der Waals surface area contributed by atoms with Crippen LogP contribution >= 0.6 is 11.8 Å². The summed E-state index contributed by atoms with van der Waals surface area (Å²) >= 11 is 1.86. The Kier molecular flexibility index (Phi) is 7.30. The Balaban J connectivity index is 2.43. The summed E-state index contributed by atoms with van der Waals surface area (Å²) in [6.45, 7) is 14.4. The maximum atomic E-state index is 5.43. The number of guanidine groups is 1. The maximum absolute atomic E-state index is 5.43. The molecule has 0 aromatic heterocycles. The van der Waals surface area contributed by atoms with Crippen LogP contribution in [0.5, 0.6) is 0 Å². The molecule has 6 heteroatoms. The molecule has 0 unspecified atom stereocenters. The van der Waals surface area contributed by atoms with Crippen LogP contribution in [-0.2, 0) is 4.74 Å². The summed E-state index contributed by atoms with van der Waals surface area (Å²) < 4.78 is 5.64. The molecule has 0 aliphatic carbocycles. The second kappa shape index (κ2) is 8.25. The lowest BCUT2D eigenvalue weighted by atomic mass is 10.0. The van der Waals surface area contributed by atoms with Crippen molar-refractivity contribution in [2.75, 3.05) is 52.7 Å². The average molecular weight is 317 g/mol. The van der Waals surface area contributed by atoms with Crippen molar-refractivity contribution in [1.29, 1.82) is 0 Å². The molecule has 0 bridgehead atoms. The molecule has 1 aliphatic rings. The Morgan fingerprint density at radius 3 is 2.24 bits per heavy atom. The van der Waals surface area contributed by atoms with Crippen LogP contribution < -0.4 is 10.6 Å². The van der Waals surface area contributed by atoms with Gasteiger partial charge >= 0.3 is 0 Å². The zero-order valence-corrected chi connectivity index (χ0v) is 15.3. The molecule has 1 aliphatic heterocycles. The molecule has 2 N–H and O–H groups in total. The third-order valence-corrected chi connectivity index (χ3v) is 5.26. The number of nitrogens with zero attached hydrogens (tertiary/aromatic N) is 2. The van der Waals surface area contributed by atoms with Gasteiger partial charge in [0.25, 0.3) is 0 Å². The molecular formula is C15H32N4OS. The normalized spacial score (nSPS) is 18.7. The molecule has 0 amide bonds. The third kappa shape index (κ3) is 6.45. The zero-order valence-electron chi connectivity index (χ0n) is 14.5. The van der Waals surface area contributed by atoms with E-state index in [0.717, 1.165) is 45.4 Å². The van der Waals surface area contributed by atoms with Crippen molar-refractivity contribution in [2.24, 2.45) is 4.99 Å². The molecule has 5 nitrogen and oxygen atoms in total. The summed E-state index contributed by atoms with van der Waals surface area (Å²) in [5.41, 5.74) is 0.0937. The number of hydrogen-bond acceptors (Lipinski definition) is 4. The second-order valence-electron chi connectivity index (χ2n) is 6.65. The third-order valence-electron chi connectivity index (χ3n) is 4.01. The van der Waals surface area contributed by atoms with Gasteiger partial charge in [-0.2, -0.15) is 11.8 Å². The Morgan fingerprint density at radius 1 is 1.14 bits per heavy atom. The van der Waals surface area contributed by atoms with Crippen molar-refractivity contribution < 1.29 is 4.74 Å². The van der Waals surface area contributed by atoms with E-state index in [4.69, 9.17) is 4.74 Å². The Hall–Kier alpha value is -0.460. The van der Waals surface area contributed by atoms with Crippen molar-refractivity contribution in [3.63, 3.8) is 0 Å². The number of aliphatic imine (C=N–C) groups is 1. The molecule has 1 saturated heterocycles. The van der Waals surface area contributed by atoms with Gasteiger partial charge in [-0.25, -0.2) is 0 Å². The molecule has 1 fully saturated rings. The number of thioether (sulfide) groups is 1. The van der Waals surface area contributed by atoms with Gasteiger partial charge in [0.1, 0.15) is 0 Å². The molecule has 124 valence electrons. The van der Waals surface area contributed by atoms with E-state index in [1.54, 1.807) is 0 Å². The highest BCUT2D eigenvalue weighted by atomic mass is 32.2. The second-order valence-corrected chi connectivity index (χ2v) is 8.17. The standard InChI is InChI=1S/C15H32N4OS/c1-14(2,19-7-9-20-10-8-19)11-17-13(16-5)18-12-15(3,4)21-6/h7-12H2,1-6H3,(H2,16,17,18). The first-order valence-electron chi connectivity index (χ1n) is 7.63. The quantitative estimate of drug-likeness (QED) is 0.573. The smallest absolute Gasteiger partial charge is 0.191 e. The monoisotopic (exact) mass is 316 g/mol. The lowest BCUT2D eigenvalue weighted by Gasteiger charge is -2.41. The summed E-state index contributed by atoms with van der Waals surface area (Å²) in [7, 11) is 1.82. The van der Waals surface area contributed by atoms with E-state index < -0.39 is 0 Å². The van der Waals surface area contributed by atoms with Gasteiger partial charge in [0.05, 0.1) is 13.2 Å². The Labute approximate surface area is 134 Å². The first-order valence-corrected chi connectivity index (χ1v) is 8.86. The van der Waals surface area contributed by atoms with Crippen molar-refractivity contribution in [3.05, 3.63) is 0 Å². The fraction of sp³-hybridized carbons (Fsp3) is 0.933. The van der Waals surface area contributed by atoms with Gasteiger partial charge in [-0.05, 0) is 34.0 Å². The molecule has 1 rings (SSSR count). The lowest BCUT2D eigenvalue weighted by Crippen LogP contribution is -2.57. The van der Waals surface area contributed by atoms with Gasteiger partial charge < -0.3 is 15.4 Å². The molecule has 21 heavy (non-hydrogen) atoms. The van der Waals surface area contributed by atoms with Crippen molar-refractivity contribution in [1.82, 2.24) is 15.5 Å². The number of morpholine rings is 1. The molecular weight excluding hydrogens is 284 g/mol. The van der Waals surface area contributed by atoms with Gasteiger partial charge in [0, 0.05) is 43.5 Å².